The largest absolute Gasteiger partial charge is 0.395 e. The molecule has 0 atom stereocenters. The second-order valence-corrected chi connectivity index (χ2v) is 9.58. The summed E-state index contributed by atoms with van der Waals surface area (Å²) in [5.74, 6) is -1.33. The minimum Gasteiger partial charge on any atom is -0.395 e. The maximum absolute atomic E-state index is 12.9. The first-order valence-corrected chi connectivity index (χ1v) is 11.8. The molecule has 11 nitrogen and oxygen atoms in total. The van der Waals surface area contributed by atoms with Crippen LogP contribution in [0.15, 0.2) is 70.1 Å². The van der Waals surface area contributed by atoms with Gasteiger partial charge < -0.3 is 10.4 Å². The zero-order chi connectivity index (χ0) is 22.8. The smallest absolute Gasteiger partial charge is 0.277 e. The van der Waals surface area contributed by atoms with Gasteiger partial charge in [-0.05, 0) is 36.4 Å². The highest BCUT2D eigenvalue weighted by atomic mass is 32.2. The van der Waals surface area contributed by atoms with E-state index in [1.165, 1.54) is 36.4 Å². The molecule has 2 amide bonds. The maximum Gasteiger partial charge on any atom is 0.277 e. The van der Waals surface area contributed by atoms with Gasteiger partial charge in [0, 0.05) is 11.8 Å². The lowest BCUT2D eigenvalue weighted by Gasteiger charge is -2.16. The Morgan fingerprint density at radius 2 is 1.61 bits per heavy atom. The lowest BCUT2D eigenvalue weighted by atomic mass is 10.3. The predicted molar refractivity (Wildman–Crippen MR) is 111 cm³/mol. The van der Waals surface area contributed by atoms with Crippen LogP contribution in [0.5, 0.6) is 0 Å². The summed E-state index contributed by atoms with van der Waals surface area (Å²) in [4.78, 5) is 24.6. The molecule has 1 aliphatic rings. The average Bonchev–Trinajstić information content (AvgIpc) is 2.95. The lowest BCUT2D eigenvalue weighted by molar-refractivity contribution is -0.137. The van der Waals surface area contributed by atoms with Crippen LogP contribution in [0.1, 0.15) is 0 Å². The average molecular weight is 466 g/mol. The first-order valence-electron chi connectivity index (χ1n) is 8.73. The summed E-state index contributed by atoms with van der Waals surface area (Å²) in [7, 11) is -8.09. The van der Waals surface area contributed by atoms with Gasteiger partial charge in [0.1, 0.15) is 10.6 Å². The van der Waals surface area contributed by atoms with Crippen LogP contribution >= 0.6 is 0 Å². The van der Waals surface area contributed by atoms with Gasteiger partial charge in [0.05, 0.1) is 23.7 Å². The van der Waals surface area contributed by atoms with Crippen LogP contribution in [-0.4, -0.2) is 51.8 Å². The van der Waals surface area contributed by atoms with Crippen molar-refractivity contribution < 1.29 is 31.5 Å². The topological polar surface area (TPSA) is 176 Å². The molecule has 0 fully saturated rings. The van der Waals surface area contributed by atoms with Crippen LogP contribution in [0.25, 0.3) is 0 Å². The van der Waals surface area contributed by atoms with E-state index in [0.29, 0.717) is 0 Å². The number of nitrogens with zero attached hydrogens (tertiary/aromatic N) is 1. The molecule has 164 valence electrons. The Bertz CT molecular complexity index is 1270. The summed E-state index contributed by atoms with van der Waals surface area (Å²) in [5.41, 5.74) is -0.0179. The van der Waals surface area contributed by atoms with Crippen LogP contribution in [0.2, 0.25) is 0 Å². The standard InChI is InChI=1S/C18H18N4O7S2/c19-30(26,27)13-7-5-12(6-8-13)21-31(28,29)16-4-2-1-3-14(16)20-15-11-17(24)22(9-10-23)18(15)25/h1-8,11,20-21,23H,9-10H2,(H2,19,26,27). The molecule has 13 heteroatoms. The zero-order valence-electron chi connectivity index (χ0n) is 15.8. The maximum atomic E-state index is 12.9. The van der Waals surface area contributed by atoms with E-state index in [4.69, 9.17) is 10.2 Å². The van der Waals surface area contributed by atoms with Crippen molar-refractivity contribution in [2.24, 2.45) is 5.14 Å². The number of β-amino-alcohol motifs (C(OH)–C–C–N with tert-alkyl or cyclic N) is 1. The first kappa shape index (κ1) is 22.4. The van der Waals surface area contributed by atoms with Crippen molar-refractivity contribution in [2.75, 3.05) is 23.2 Å². The number of imide groups is 1. The highest BCUT2D eigenvalue weighted by Crippen LogP contribution is 2.26. The minimum atomic E-state index is -4.16. The summed E-state index contributed by atoms with van der Waals surface area (Å²) in [6.07, 6.45) is 1.01. The number of benzene rings is 2. The van der Waals surface area contributed by atoms with Crippen LogP contribution < -0.4 is 15.2 Å². The highest BCUT2D eigenvalue weighted by Gasteiger charge is 2.31. The molecule has 0 saturated carbocycles. The molecule has 0 bridgehead atoms. The third-order valence-corrected chi connectivity index (χ3v) is 6.58. The van der Waals surface area contributed by atoms with Crippen molar-refractivity contribution in [3.63, 3.8) is 0 Å². The first-order chi connectivity index (χ1) is 14.5. The Kier molecular flexibility index (Phi) is 6.13. The Balaban J connectivity index is 1.86. The number of carbonyl (C=O) groups is 2. The fourth-order valence-electron chi connectivity index (χ4n) is 2.78. The molecule has 2 aromatic rings. The third kappa shape index (κ3) is 4.91. The quantitative estimate of drug-likeness (QED) is 0.386. The number of nitrogens with two attached hydrogens (primary N) is 1. The van der Waals surface area contributed by atoms with Crippen molar-refractivity contribution in [1.29, 1.82) is 0 Å². The summed E-state index contributed by atoms with van der Waals surface area (Å²) < 4.78 is 50.7. The van der Waals surface area contributed by atoms with E-state index in [2.05, 4.69) is 10.0 Å². The van der Waals surface area contributed by atoms with Crippen LogP contribution in [0, 0.1) is 0 Å². The van der Waals surface area contributed by atoms with E-state index < -0.39 is 38.5 Å². The molecule has 3 rings (SSSR count). The van der Waals surface area contributed by atoms with Crippen molar-refractivity contribution in [1.82, 2.24) is 4.90 Å². The van der Waals surface area contributed by atoms with Gasteiger partial charge in [-0.25, -0.2) is 22.0 Å². The number of nitrogens with one attached hydrogen (secondary N) is 2. The van der Waals surface area contributed by atoms with Crippen molar-refractivity contribution in [2.45, 2.75) is 9.79 Å². The number of anilines is 2. The van der Waals surface area contributed by atoms with E-state index in [-0.39, 0.29) is 33.4 Å². The Morgan fingerprint density at radius 3 is 2.23 bits per heavy atom. The second kappa shape index (κ2) is 8.47. The third-order valence-electron chi connectivity index (χ3n) is 4.21. The molecule has 0 spiro atoms. The summed E-state index contributed by atoms with van der Waals surface area (Å²) >= 11 is 0. The van der Waals surface area contributed by atoms with Gasteiger partial charge in [-0.3, -0.25) is 19.2 Å². The predicted octanol–water partition coefficient (Wildman–Crippen LogP) is -0.208. The number of amides is 2. The SMILES string of the molecule is NS(=O)(=O)c1ccc(NS(=O)(=O)c2ccccc2NC2=CC(=O)N(CCO)C2=O)cc1. The number of hydrogen-bond donors (Lipinski definition) is 4. The van der Waals surface area contributed by atoms with Crippen LogP contribution in [0.4, 0.5) is 11.4 Å². The lowest BCUT2D eigenvalue weighted by Crippen LogP contribution is -2.34. The van der Waals surface area contributed by atoms with Gasteiger partial charge in [-0.2, -0.15) is 0 Å². The number of aliphatic hydroxyl groups is 1. The summed E-state index contributed by atoms with van der Waals surface area (Å²) in [6.45, 7) is -0.590. The molecule has 0 aliphatic carbocycles. The molecule has 0 unspecified atom stereocenters. The van der Waals surface area contributed by atoms with Crippen molar-refractivity contribution in [3.8, 4) is 0 Å². The number of sulfonamides is 2. The van der Waals surface area contributed by atoms with Gasteiger partial charge in [0.15, 0.2) is 0 Å². The second-order valence-electron chi connectivity index (χ2n) is 6.37. The minimum absolute atomic E-state index is 0.0365. The molecule has 1 aliphatic heterocycles. The molecule has 1 heterocycles. The van der Waals surface area contributed by atoms with E-state index in [1.807, 2.05) is 0 Å². The Labute approximate surface area is 178 Å². The summed E-state index contributed by atoms with van der Waals surface area (Å²) in [6, 6.07) is 10.5. The van der Waals surface area contributed by atoms with E-state index in [0.717, 1.165) is 23.1 Å². The number of para-hydroxylation sites is 1. The van der Waals surface area contributed by atoms with E-state index in [1.54, 1.807) is 0 Å². The van der Waals surface area contributed by atoms with Crippen molar-refractivity contribution in [3.05, 3.63) is 60.3 Å². The van der Waals surface area contributed by atoms with Gasteiger partial charge >= 0.3 is 0 Å². The van der Waals surface area contributed by atoms with Gasteiger partial charge in [-0.15, -0.1) is 0 Å². The van der Waals surface area contributed by atoms with E-state index in [9.17, 15) is 26.4 Å². The van der Waals surface area contributed by atoms with Crippen molar-refractivity contribution >= 4 is 43.2 Å². The monoisotopic (exact) mass is 466 g/mol. The van der Waals surface area contributed by atoms with Crippen LogP contribution in [-0.2, 0) is 29.6 Å². The van der Waals surface area contributed by atoms with Gasteiger partial charge in [0.25, 0.3) is 21.8 Å². The molecule has 2 aromatic carbocycles. The normalized spacial score (nSPS) is 14.5. The number of primary sulfonamides is 1. The molecular weight excluding hydrogens is 448 g/mol. The molecule has 0 saturated heterocycles. The fraction of sp³-hybridized carbons (Fsp3) is 0.111. The molecule has 31 heavy (non-hydrogen) atoms. The van der Waals surface area contributed by atoms with Gasteiger partial charge in [-0.1, -0.05) is 12.1 Å². The van der Waals surface area contributed by atoms with Gasteiger partial charge in [0.2, 0.25) is 10.0 Å². The summed E-state index contributed by atoms with van der Waals surface area (Å²) in [5, 5.41) is 16.6. The molecule has 0 radical (unpaired) electrons. The number of aliphatic hydroxyl groups excluding tert-OH is 1. The zero-order valence-corrected chi connectivity index (χ0v) is 17.5. The number of rotatable bonds is 8. The number of hydrogen-bond acceptors (Lipinski definition) is 8. The molecule has 0 aromatic heterocycles. The highest BCUT2D eigenvalue weighted by molar-refractivity contribution is 7.93. The molecular formula is C18H18N4O7S2. The Hall–Kier alpha value is -3.26. The van der Waals surface area contributed by atoms with Crippen LogP contribution in [0.3, 0.4) is 0 Å². The molecule has 5 N–H and O–H groups in total. The Morgan fingerprint density at radius 1 is 0.968 bits per heavy atom. The van der Waals surface area contributed by atoms with E-state index >= 15 is 0 Å². The fourth-order valence-corrected chi connectivity index (χ4v) is 4.52. The number of carbonyl (C=O) groups excluding carboxylic acids is 2.